The van der Waals surface area contributed by atoms with Gasteiger partial charge in [-0.3, -0.25) is 9.59 Å². The number of carbonyl (C=O) groups excluding carboxylic acids is 2. The summed E-state index contributed by atoms with van der Waals surface area (Å²) in [6.45, 7) is 0. The highest BCUT2D eigenvalue weighted by Crippen LogP contribution is 2.30. The molecule has 0 spiro atoms. The molecular formula is C16H26O5. The second-order valence-corrected chi connectivity index (χ2v) is 6.18. The highest BCUT2D eigenvalue weighted by atomic mass is 16.6. The van der Waals surface area contributed by atoms with Crippen LogP contribution in [-0.4, -0.2) is 38.4 Å². The zero-order chi connectivity index (χ0) is 15.2. The molecule has 0 aromatic carbocycles. The minimum atomic E-state index is -0.374. The van der Waals surface area contributed by atoms with Crippen LogP contribution in [0.1, 0.15) is 51.4 Å². The van der Waals surface area contributed by atoms with Crippen molar-refractivity contribution in [2.45, 2.75) is 63.6 Å². The molecule has 2 fully saturated rings. The minimum Gasteiger partial charge on any atom is -0.393 e. The van der Waals surface area contributed by atoms with E-state index in [1.165, 1.54) is 0 Å². The lowest BCUT2D eigenvalue weighted by atomic mass is 9.86. The standard InChI is InChI=1S/C16H26O5/c1-19-13-7-3-5-11(9-13)15(17)21-16(18)12-6-4-8-14(10-12)20-2/h11-14H,3-10H2,1-2H3/t11-,12-,13-,14+/m0/s1. The smallest absolute Gasteiger partial charge is 0.316 e. The summed E-state index contributed by atoms with van der Waals surface area (Å²) in [5.74, 6) is -1.15. The van der Waals surface area contributed by atoms with Crippen LogP contribution < -0.4 is 0 Å². The first-order valence-corrected chi connectivity index (χ1v) is 7.95. The van der Waals surface area contributed by atoms with Crippen LogP contribution in [0, 0.1) is 11.8 Å². The molecule has 2 aliphatic rings. The number of hydrogen-bond acceptors (Lipinski definition) is 5. The molecule has 5 heteroatoms. The molecule has 120 valence electrons. The van der Waals surface area contributed by atoms with Gasteiger partial charge in [0.1, 0.15) is 0 Å². The Kier molecular flexibility index (Phi) is 6.18. The van der Waals surface area contributed by atoms with Crippen molar-refractivity contribution in [2.24, 2.45) is 11.8 Å². The second-order valence-electron chi connectivity index (χ2n) is 6.18. The first-order chi connectivity index (χ1) is 10.1. The van der Waals surface area contributed by atoms with Gasteiger partial charge in [0, 0.05) is 14.2 Å². The summed E-state index contributed by atoms with van der Waals surface area (Å²) in [4.78, 5) is 24.3. The van der Waals surface area contributed by atoms with Gasteiger partial charge in [-0.1, -0.05) is 12.8 Å². The maximum absolute atomic E-state index is 12.1. The van der Waals surface area contributed by atoms with E-state index in [1.807, 2.05) is 0 Å². The SMILES string of the molecule is CO[C@@H]1CCC[C@H](C(=O)OC(=O)[C@H]2CCC[C@H](OC)C2)C1. The van der Waals surface area contributed by atoms with Gasteiger partial charge in [-0.05, 0) is 38.5 Å². The quantitative estimate of drug-likeness (QED) is 0.589. The fourth-order valence-corrected chi connectivity index (χ4v) is 3.41. The summed E-state index contributed by atoms with van der Waals surface area (Å²) in [5, 5.41) is 0. The lowest BCUT2D eigenvalue weighted by Gasteiger charge is -2.28. The van der Waals surface area contributed by atoms with Crippen molar-refractivity contribution in [2.75, 3.05) is 14.2 Å². The van der Waals surface area contributed by atoms with Crippen LogP contribution in [0.5, 0.6) is 0 Å². The molecule has 0 heterocycles. The highest BCUT2D eigenvalue weighted by Gasteiger charge is 2.33. The molecule has 0 saturated heterocycles. The molecule has 5 nitrogen and oxygen atoms in total. The van der Waals surface area contributed by atoms with Gasteiger partial charge in [0.05, 0.1) is 24.0 Å². The number of methoxy groups -OCH3 is 2. The third kappa shape index (κ3) is 4.51. The largest absolute Gasteiger partial charge is 0.393 e. The van der Waals surface area contributed by atoms with E-state index in [0.29, 0.717) is 12.8 Å². The summed E-state index contributed by atoms with van der Waals surface area (Å²) in [7, 11) is 3.33. The third-order valence-corrected chi connectivity index (χ3v) is 4.79. The molecule has 0 radical (unpaired) electrons. The Hall–Kier alpha value is -0.940. The van der Waals surface area contributed by atoms with Gasteiger partial charge >= 0.3 is 11.9 Å². The third-order valence-electron chi connectivity index (χ3n) is 4.79. The topological polar surface area (TPSA) is 61.8 Å². The van der Waals surface area contributed by atoms with Gasteiger partial charge in [0.25, 0.3) is 0 Å². The van der Waals surface area contributed by atoms with Gasteiger partial charge < -0.3 is 14.2 Å². The molecule has 2 rings (SSSR count). The Morgan fingerprint density at radius 1 is 0.762 bits per heavy atom. The van der Waals surface area contributed by atoms with Crippen molar-refractivity contribution in [3.8, 4) is 0 Å². The monoisotopic (exact) mass is 298 g/mol. The molecule has 0 bridgehead atoms. The van der Waals surface area contributed by atoms with Crippen molar-refractivity contribution in [1.29, 1.82) is 0 Å². The van der Waals surface area contributed by atoms with Crippen LogP contribution in [-0.2, 0) is 23.8 Å². The molecule has 0 N–H and O–H groups in total. The van der Waals surface area contributed by atoms with E-state index in [9.17, 15) is 9.59 Å². The van der Waals surface area contributed by atoms with Gasteiger partial charge in [0.2, 0.25) is 0 Å². The number of carbonyl (C=O) groups is 2. The van der Waals surface area contributed by atoms with Crippen LogP contribution in [0.4, 0.5) is 0 Å². The Bertz CT molecular complexity index is 334. The van der Waals surface area contributed by atoms with Crippen molar-refractivity contribution in [3.63, 3.8) is 0 Å². The fraction of sp³-hybridized carbons (Fsp3) is 0.875. The van der Waals surface area contributed by atoms with Crippen LogP contribution in [0.3, 0.4) is 0 Å². The van der Waals surface area contributed by atoms with Crippen LogP contribution >= 0.6 is 0 Å². The highest BCUT2D eigenvalue weighted by molar-refractivity contribution is 5.88. The van der Waals surface area contributed by atoms with E-state index in [2.05, 4.69) is 0 Å². The van der Waals surface area contributed by atoms with Crippen LogP contribution in [0.2, 0.25) is 0 Å². The van der Waals surface area contributed by atoms with Gasteiger partial charge in [0.15, 0.2) is 0 Å². The number of hydrogen-bond donors (Lipinski definition) is 0. The van der Waals surface area contributed by atoms with Crippen molar-refractivity contribution in [3.05, 3.63) is 0 Å². The summed E-state index contributed by atoms with van der Waals surface area (Å²) >= 11 is 0. The zero-order valence-electron chi connectivity index (χ0n) is 13.0. The molecule has 0 aliphatic heterocycles. The normalized spacial score (nSPS) is 33.4. The predicted molar refractivity (Wildman–Crippen MR) is 76.6 cm³/mol. The molecule has 4 atom stereocenters. The summed E-state index contributed by atoms with van der Waals surface area (Å²) in [6.07, 6.45) is 6.97. The lowest BCUT2D eigenvalue weighted by molar-refractivity contribution is -0.168. The van der Waals surface area contributed by atoms with Crippen molar-refractivity contribution >= 4 is 11.9 Å². The van der Waals surface area contributed by atoms with Gasteiger partial charge in [-0.25, -0.2) is 0 Å². The summed E-state index contributed by atoms with van der Waals surface area (Å²) < 4.78 is 15.8. The van der Waals surface area contributed by atoms with E-state index >= 15 is 0 Å². The lowest BCUT2D eigenvalue weighted by Crippen LogP contribution is -2.33. The van der Waals surface area contributed by atoms with Crippen LogP contribution in [0.15, 0.2) is 0 Å². The van der Waals surface area contributed by atoms with Crippen LogP contribution in [0.25, 0.3) is 0 Å². The van der Waals surface area contributed by atoms with E-state index < -0.39 is 0 Å². The Labute approximate surface area is 126 Å². The van der Waals surface area contributed by atoms with Gasteiger partial charge in [-0.2, -0.15) is 0 Å². The second kappa shape index (κ2) is 7.90. The van der Waals surface area contributed by atoms with Gasteiger partial charge in [-0.15, -0.1) is 0 Å². The number of ether oxygens (including phenoxy) is 3. The molecule has 2 aliphatic carbocycles. The fourth-order valence-electron chi connectivity index (χ4n) is 3.41. The average Bonchev–Trinajstić information content (AvgIpc) is 2.54. The van der Waals surface area contributed by atoms with Crippen molar-refractivity contribution in [1.82, 2.24) is 0 Å². The Morgan fingerprint density at radius 3 is 1.57 bits per heavy atom. The van der Waals surface area contributed by atoms with E-state index in [4.69, 9.17) is 14.2 Å². The van der Waals surface area contributed by atoms with E-state index in [-0.39, 0.29) is 36.0 Å². The Morgan fingerprint density at radius 2 is 1.19 bits per heavy atom. The Balaban J connectivity index is 1.82. The predicted octanol–water partition coefficient (Wildman–Crippen LogP) is 2.47. The van der Waals surface area contributed by atoms with E-state index in [1.54, 1.807) is 14.2 Å². The first kappa shape index (κ1) is 16.4. The van der Waals surface area contributed by atoms with Crippen molar-refractivity contribution < 1.29 is 23.8 Å². The van der Waals surface area contributed by atoms with E-state index in [0.717, 1.165) is 38.5 Å². The molecule has 0 unspecified atom stereocenters. The summed E-state index contributed by atoms with van der Waals surface area (Å²) in [6, 6.07) is 0. The molecule has 0 aromatic rings. The molecule has 2 saturated carbocycles. The maximum atomic E-state index is 12.1. The number of esters is 2. The molecule has 0 amide bonds. The summed E-state index contributed by atoms with van der Waals surface area (Å²) in [5.41, 5.74) is 0. The first-order valence-electron chi connectivity index (χ1n) is 7.95. The maximum Gasteiger partial charge on any atom is 0.316 e. The zero-order valence-corrected chi connectivity index (χ0v) is 13.0. The molecule has 0 aromatic heterocycles. The number of rotatable bonds is 4. The minimum absolute atomic E-state index is 0.110. The molecular weight excluding hydrogens is 272 g/mol. The average molecular weight is 298 g/mol. The molecule has 21 heavy (non-hydrogen) atoms.